The van der Waals surface area contributed by atoms with E-state index in [9.17, 15) is 9.59 Å². The lowest BCUT2D eigenvalue weighted by Gasteiger charge is -2.17. The first-order valence-electron chi connectivity index (χ1n) is 5.57. The quantitative estimate of drug-likeness (QED) is 0.674. The summed E-state index contributed by atoms with van der Waals surface area (Å²) in [5.41, 5.74) is 6.35. The average Bonchev–Trinajstić information content (AvgIpc) is 2.35. The molecule has 0 aliphatic carbocycles. The van der Waals surface area contributed by atoms with Gasteiger partial charge in [0.05, 0.1) is 23.5 Å². The third kappa shape index (κ3) is 3.13. The van der Waals surface area contributed by atoms with Crippen LogP contribution in [0.1, 0.15) is 17.3 Å². The third-order valence-corrected chi connectivity index (χ3v) is 2.64. The van der Waals surface area contributed by atoms with Gasteiger partial charge in [0.25, 0.3) is 0 Å². The van der Waals surface area contributed by atoms with Crippen LogP contribution in [0.3, 0.4) is 0 Å². The van der Waals surface area contributed by atoms with Crippen LogP contribution in [-0.4, -0.2) is 42.0 Å². The Labute approximate surface area is 105 Å². The molecule has 0 aromatic heterocycles. The summed E-state index contributed by atoms with van der Waals surface area (Å²) < 4.78 is 0. The van der Waals surface area contributed by atoms with E-state index in [1.165, 1.54) is 11.0 Å². The minimum absolute atomic E-state index is 0.0127. The van der Waals surface area contributed by atoms with Crippen LogP contribution in [0.15, 0.2) is 18.2 Å². The fraction of sp³-hybridized carbons (Fsp3) is 0.333. The highest BCUT2D eigenvalue weighted by Crippen LogP contribution is 2.23. The zero-order valence-electron chi connectivity index (χ0n) is 10.4. The van der Waals surface area contributed by atoms with Crippen molar-refractivity contribution in [3.8, 4) is 0 Å². The Balaban J connectivity index is 2.84. The molecule has 0 atom stereocenters. The molecule has 0 heterocycles. The summed E-state index contributed by atoms with van der Waals surface area (Å²) in [6, 6.07) is 4.59. The number of nitrogens with zero attached hydrogens (tertiary/aromatic N) is 1. The Morgan fingerprint density at radius 3 is 2.67 bits per heavy atom. The van der Waals surface area contributed by atoms with Gasteiger partial charge in [-0.3, -0.25) is 4.79 Å². The predicted molar refractivity (Wildman–Crippen MR) is 69.6 cm³/mol. The van der Waals surface area contributed by atoms with Gasteiger partial charge >= 0.3 is 5.97 Å². The highest BCUT2D eigenvalue weighted by molar-refractivity contribution is 5.98. The van der Waals surface area contributed by atoms with E-state index in [4.69, 9.17) is 10.8 Å². The summed E-state index contributed by atoms with van der Waals surface area (Å²) in [6.45, 7) is 2.47. The normalized spacial score (nSPS) is 9.89. The van der Waals surface area contributed by atoms with Crippen LogP contribution in [0.4, 0.5) is 11.4 Å². The van der Waals surface area contributed by atoms with Gasteiger partial charge in [0.1, 0.15) is 0 Å². The summed E-state index contributed by atoms with van der Waals surface area (Å²) in [5.74, 6) is -1.21. The van der Waals surface area contributed by atoms with Crippen LogP contribution in [0.5, 0.6) is 0 Å². The number of carbonyl (C=O) groups is 2. The van der Waals surface area contributed by atoms with Crippen molar-refractivity contribution in [2.24, 2.45) is 0 Å². The van der Waals surface area contributed by atoms with Gasteiger partial charge in [0, 0.05) is 13.6 Å². The van der Waals surface area contributed by atoms with Gasteiger partial charge < -0.3 is 21.1 Å². The van der Waals surface area contributed by atoms with Crippen molar-refractivity contribution < 1.29 is 14.7 Å². The minimum Gasteiger partial charge on any atom is -0.478 e. The number of para-hydroxylation sites is 1. The number of rotatable bonds is 5. The van der Waals surface area contributed by atoms with E-state index < -0.39 is 5.97 Å². The summed E-state index contributed by atoms with van der Waals surface area (Å²) in [7, 11) is 1.68. The first-order valence-corrected chi connectivity index (χ1v) is 5.57. The molecular formula is C12H17N3O3. The van der Waals surface area contributed by atoms with Crippen molar-refractivity contribution in [1.29, 1.82) is 0 Å². The highest BCUT2D eigenvalue weighted by Gasteiger charge is 2.14. The molecule has 6 heteroatoms. The number of benzene rings is 1. The number of hydrogen-bond donors (Lipinski definition) is 3. The number of hydrogen-bond acceptors (Lipinski definition) is 4. The fourth-order valence-corrected chi connectivity index (χ4v) is 1.42. The van der Waals surface area contributed by atoms with E-state index in [2.05, 4.69) is 5.32 Å². The summed E-state index contributed by atoms with van der Waals surface area (Å²) in [4.78, 5) is 24.2. The maximum Gasteiger partial charge on any atom is 0.337 e. The molecule has 98 valence electrons. The van der Waals surface area contributed by atoms with E-state index >= 15 is 0 Å². The molecule has 0 spiro atoms. The lowest BCUT2D eigenvalue weighted by atomic mass is 10.1. The molecule has 18 heavy (non-hydrogen) atoms. The first-order chi connectivity index (χ1) is 8.47. The number of nitrogen functional groups attached to an aromatic ring is 1. The Kier molecular flexibility index (Phi) is 4.53. The zero-order valence-corrected chi connectivity index (χ0v) is 10.4. The number of nitrogens with one attached hydrogen (secondary N) is 1. The molecular weight excluding hydrogens is 234 g/mol. The van der Waals surface area contributed by atoms with Crippen molar-refractivity contribution in [3.63, 3.8) is 0 Å². The monoisotopic (exact) mass is 251 g/mol. The minimum atomic E-state index is -1.08. The highest BCUT2D eigenvalue weighted by atomic mass is 16.4. The molecule has 0 saturated heterocycles. The molecule has 0 unspecified atom stereocenters. The second-order valence-electron chi connectivity index (χ2n) is 3.84. The van der Waals surface area contributed by atoms with E-state index in [1.807, 2.05) is 6.92 Å². The maximum absolute atomic E-state index is 11.6. The molecule has 4 N–H and O–H groups in total. The van der Waals surface area contributed by atoms with Gasteiger partial charge in [0.2, 0.25) is 5.91 Å². The van der Waals surface area contributed by atoms with Gasteiger partial charge in [-0.15, -0.1) is 0 Å². The van der Waals surface area contributed by atoms with Gasteiger partial charge in [-0.1, -0.05) is 6.07 Å². The van der Waals surface area contributed by atoms with E-state index in [-0.39, 0.29) is 23.7 Å². The van der Waals surface area contributed by atoms with Gasteiger partial charge in [-0.2, -0.15) is 0 Å². The molecule has 1 amide bonds. The van der Waals surface area contributed by atoms with Gasteiger partial charge in [-0.25, -0.2) is 4.79 Å². The van der Waals surface area contributed by atoms with Crippen molar-refractivity contribution in [2.45, 2.75) is 6.92 Å². The Hall–Kier alpha value is -2.24. The fourth-order valence-electron chi connectivity index (χ4n) is 1.42. The summed E-state index contributed by atoms with van der Waals surface area (Å²) >= 11 is 0. The molecule has 0 radical (unpaired) electrons. The van der Waals surface area contributed by atoms with Crippen LogP contribution < -0.4 is 11.1 Å². The molecule has 1 aromatic carbocycles. The maximum atomic E-state index is 11.6. The number of anilines is 2. The number of carbonyl (C=O) groups excluding carboxylic acids is 1. The second kappa shape index (κ2) is 5.90. The zero-order chi connectivity index (χ0) is 13.7. The van der Waals surface area contributed by atoms with E-state index in [0.29, 0.717) is 12.2 Å². The van der Waals surface area contributed by atoms with Crippen LogP contribution in [0, 0.1) is 0 Å². The first kappa shape index (κ1) is 13.8. The Bertz CT molecular complexity index is 460. The number of amides is 1. The molecule has 1 aromatic rings. The lowest BCUT2D eigenvalue weighted by molar-refractivity contribution is -0.127. The van der Waals surface area contributed by atoms with E-state index in [1.54, 1.807) is 19.2 Å². The SMILES string of the molecule is CCN(C)C(=O)CNc1c(N)cccc1C(=O)O. The van der Waals surface area contributed by atoms with Crippen LogP contribution >= 0.6 is 0 Å². The number of carboxylic acid groups (broad SMARTS) is 1. The van der Waals surface area contributed by atoms with Crippen LogP contribution in [-0.2, 0) is 4.79 Å². The molecule has 1 rings (SSSR count). The molecule has 0 bridgehead atoms. The van der Waals surface area contributed by atoms with Gasteiger partial charge in [0.15, 0.2) is 0 Å². The molecule has 0 saturated carbocycles. The summed E-state index contributed by atoms with van der Waals surface area (Å²) in [6.07, 6.45) is 0. The Morgan fingerprint density at radius 1 is 1.44 bits per heavy atom. The molecule has 6 nitrogen and oxygen atoms in total. The number of nitrogens with two attached hydrogens (primary N) is 1. The topological polar surface area (TPSA) is 95.7 Å². The third-order valence-electron chi connectivity index (χ3n) is 2.64. The van der Waals surface area contributed by atoms with Crippen LogP contribution in [0.2, 0.25) is 0 Å². The van der Waals surface area contributed by atoms with Crippen molar-refractivity contribution in [3.05, 3.63) is 23.8 Å². The number of aromatic carboxylic acids is 1. The van der Waals surface area contributed by atoms with Gasteiger partial charge in [-0.05, 0) is 19.1 Å². The molecule has 0 fully saturated rings. The summed E-state index contributed by atoms with van der Waals surface area (Å²) in [5, 5.41) is 11.8. The number of likely N-dealkylation sites (N-methyl/N-ethyl adjacent to an activating group) is 1. The molecule has 0 aliphatic heterocycles. The second-order valence-corrected chi connectivity index (χ2v) is 3.84. The Morgan fingerprint density at radius 2 is 2.11 bits per heavy atom. The smallest absolute Gasteiger partial charge is 0.337 e. The van der Waals surface area contributed by atoms with Crippen LogP contribution in [0.25, 0.3) is 0 Å². The average molecular weight is 251 g/mol. The van der Waals surface area contributed by atoms with Crippen molar-refractivity contribution >= 4 is 23.3 Å². The van der Waals surface area contributed by atoms with E-state index in [0.717, 1.165) is 0 Å². The molecule has 0 aliphatic rings. The lowest BCUT2D eigenvalue weighted by Crippen LogP contribution is -2.32. The van der Waals surface area contributed by atoms with Crippen molar-refractivity contribution in [2.75, 3.05) is 31.2 Å². The largest absolute Gasteiger partial charge is 0.478 e. The standard InChI is InChI=1S/C12H17N3O3/c1-3-15(2)10(16)7-14-11-8(12(17)18)5-4-6-9(11)13/h4-6,14H,3,7,13H2,1-2H3,(H,17,18). The predicted octanol–water partition coefficient (Wildman–Crippen LogP) is 0.857. The number of carboxylic acids is 1. The van der Waals surface area contributed by atoms with Crippen molar-refractivity contribution in [1.82, 2.24) is 4.90 Å².